The third-order valence-corrected chi connectivity index (χ3v) is 6.88. The van der Waals surface area contributed by atoms with Crippen molar-refractivity contribution in [2.45, 2.75) is 26.4 Å². The molecule has 0 spiro atoms. The fourth-order valence-corrected chi connectivity index (χ4v) is 5.16. The summed E-state index contributed by atoms with van der Waals surface area (Å²) < 4.78 is 4.33. The third-order valence-electron chi connectivity index (χ3n) is 6.88. The van der Waals surface area contributed by atoms with Gasteiger partial charge in [0.15, 0.2) is 0 Å². The number of rotatable bonds is 4. The molecule has 0 radical (unpaired) electrons. The second-order valence-electron chi connectivity index (χ2n) is 8.85. The minimum atomic E-state index is -0.555. The van der Waals surface area contributed by atoms with Gasteiger partial charge in [0.1, 0.15) is 29.0 Å². The number of pyridine rings is 1. The number of aromatic nitrogens is 4. The molecule has 182 valence electrons. The molecule has 1 saturated heterocycles. The number of nitrogens with zero attached hydrogens (tertiary/aromatic N) is 7. The van der Waals surface area contributed by atoms with Gasteiger partial charge in [0.2, 0.25) is 0 Å². The Balaban J connectivity index is 1.76. The monoisotopic (exact) mass is 482 g/mol. The molecular weight excluding hydrogens is 456 g/mol. The Hall–Kier alpha value is -4.41. The van der Waals surface area contributed by atoms with Crippen molar-refractivity contribution >= 4 is 27.6 Å². The summed E-state index contributed by atoms with van der Waals surface area (Å²) in [6, 6.07) is 11.9. The van der Waals surface area contributed by atoms with Crippen LogP contribution in [0.2, 0.25) is 0 Å². The van der Waals surface area contributed by atoms with Crippen molar-refractivity contribution in [2.75, 3.05) is 31.1 Å². The van der Waals surface area contributed by atoms with Gasteiger partial charge in [-0.1, -0.05) is 24.3 Å². The summed E-state index contributed by atoms with van der Waals surface area (Å²) in [5.41, 5.74) is 0.614. The Kier molecular flexibility index (Phi) is 6.05. The van der Waals surface area contributed by atoms with Crippen LogP contribution in [-0.2, 0) is 20.1 Å². The van der Waals surface area contributed by atoms with Gasteiger partial charge < -0.3 is 14.8 Å². The van der Waals surface area contributed by atoms with Crippen LogP contribution in [0.25, 0.3) is 21.8 Å². The summed E-state index contributed by atoms with van der Waals surface area (Å²) in [4.78, 5) is 33.9. The Morgan fingerprint density at radius 1 is 1.03 bits per heavy atom. The lowest BCUT2D eigenvalue weighted by molar-refractivity contribution is 0.642. The van der Waals surface area contributed by atoms with Crippen molar-refractivity contribution in [1.29, 1.82) is 10.5 Å². The Labute approximate surface area is 207 Å². The van der Waals surface area contributed by atoms with Crippen LogP contribution in [0.5, 0.6) is 0 Å². The van der Waals surface area contributed by atoms with Gasteiger partial charge in [0.25, 0.3) is 5.56 Å². The molecule has 36 heavy (non-hydrogen) atoms. The standard InChI is InChI=1S/C26H26N8O2/c1-3-33-23-22(20(14-28)24(33)32-11-6-9-29-10-12-32)31(2)26(36)34(25(23)35)16-21-19(13-27)18-8-5-4-7-17(18)15-30-21/h4-5,7-8,15,29H,3,6,9-12,16H2,1-2H3. The van der Waals surface area contributed by atoms with Crippen molar-refractivity contribution in [3.63, 3.8) is 0 Å². The first-order valence-corrected chi connectivity index (χ1v) is 12.0. The molecule has 1 aliphatic rings. The predicted octanol–water partition coefficient (Wildman–Crippen LogP) is 1.66. The summed E-state index contributed by atoms with van der Waals surface area (Å²) in [5, 5.41) is 24.9. The molecule has 3 aromatic heterocycles. The molecule has 10 nitrogen and oxygen atoms in total. The van der Waals surface area contributed by atoms with Crippen LogP contribution >= 0.6 is 0 Å². The second-order valence-corrected chi connectivity index (χ2v) is 8.85. The fraction of sp³-hybridized carbons (Fsp3) is 0.346. The first-order valence-electron chi connectivity index (χ1n) is 12.0. The summed E-state index contributed by atoms with van der Waals surface area (Å²) in [6.07, 6.45) is 2.55. The number of benzene rings is 1. The highest BCUT2D eigenvalue weighted by Crippen LogP contribution is 2.30. The van der Waals surface area contributed by atoms with Crippen LogP contribution in [-0.4, -0.2) is 44.9 Å². The van der Waals surface area contributed by atoms with E-state index in [1.54, 1.807) is 13.2 Å². The van der Waals surface area contributed by atoms with Crippen LogP contribution in [0.3, 0.4) is 0 Å². The fourth-order valence-electron chi connectivity index (χ4n) is 5.16. The summed E-state index contributed by atoms with van der Waals surface area (Å²) in [6.45, 7) is 5.33. The molecule has 0 aliphatic carbocycles. The highest BCUT2D eigenvalue weighted by Gasteiger charge is 2.28. The Morgan fingerprint density at radius 2 is 1.81 bits per heavy atom. The van der Waals surface area contributed by atoms with Crippen LogP contribution in [0.4, 0.5) is 5.82 Å². The molecule has 0 atom stereocenters. The number of hydrogen-bond donors (Lipinski definition) is 1. The molecule has 10 heteroatoms. The summed E-state index contributed by atoms with van der Waals surface area (Å²) >= 11 is 0. The highest BCUT2D eigenvalue weighted by atomic mass is 16.2. The average molecular weight is 483 g/mol. The van der Waals surface area contributed by atoms with Crippen molar-refractivity contribution in [3.8, 4) is 12.1 Å². The smallest absolute Gasteiger partial charge is 0.331 e. The molecule has 4 aromatic rings. The SMILES string of the molecule is CCn1c(N2CCCNCC2)c(C#N)c2c1c(=O)n(Cc1ncc3ccccc3c1C#N)c(=O)n2C. The van der Waals surface area contributed by atoms with E-state index < -0.39 is 11.2 Å². The van der Waals surface area contributed by atoms with Gasteiger partial charge in [-0.15, -0.1) is 0 Å². The van der Waals surface area contributed by atoms with E-state index in [0.717, 1.165) is 41.4 Å². The molecule has 1 aromatic carbocycles. The Bertz CT molecular complexity index is 1690. The maximum atomic E-state index is 13.9. The molecular formula is C26H26N8O2. The molecule has 0 saturated carbocycles. The molecule has 1 fully saturated rings. The zero-order valence-electron chi connectivity index (χ0n) is 20.3. The van der Waals surface area contributed by atoms with E-state index in [1.165, 1.54) is 4.57 Å². The average Bonchev–Trinajstić information content (AvgIpc) is 3.02. The molecule has 1 N–H and O–H groups in total. The minimum absolute atomic E-state index is 0.144. The molecule has 4 heterocycles. The first-order chi connectivity index (χ1) is 17.5. The van der Waals surface area contributed by atoms with Crippen molar-refractivity contribution in [2.24, 2.45) is 7.05 Å². The van der Waals surface area contributed by atoms with Crippen LogP contribution in [0.1, 0.15) is 30.2 Å². The van der Waals surface area contributed by atoms with Gasteiger partial charge in [-0.3, -0.25) is 18.9 Å². The highest BCUT2D eigenvalue weighted by molar-refractivity contribution is 5.90. The quantitative estimate of drug-likeness (QED) is 0.469. The normalized spacial score (nSPS) is 14.1. The first kappa shape index (κ1) is 23.3. The lowest BCUT2D eigenvalue weighted by Gasteiger charge is -2.24. The minimum Gasteiger partial charge on any atom is -0.356 e. The van der Waals surface area contributed by atoms with Crippen LogP contribution in [0.15, 0.2) is 40.1 Å². The lowest BCUT2D eigenvalue weighted by atomic mass is 10.1. The summed E-state index contributed by atoms with van der Waals surface area (Å²) in [7, 11) is 1.58. The number of aryl methyl sites for hydroxylation is 2. The van der Waals surface area contributed by atoms with Crippen molar-refractivity contribution in [3.05, 3.63) is 68.1 Å². The second kappa shape index (κ2) is 9.33. The van der Waals surface area contributed by atoms with Crippen molar-refractivity contribution in [1.82, 2.24) is 24.0 Å². The van der Waals surface area contributed by atoms with Gasteiger partial charge in [-0.2, -0.15) is 10.5 Å². The van der Waals surface area contributed by atoms with Crippen molar-refractivity contribution < 1.29 is 0 Å². The van der Waals surface area contributed by atoms with Gasteiger partial charge >= 0.3 is 5.69 Å². The number of nitrogens with one attached hydrogen (secondary N) is 1. The van der Waals surface area contributed by atoms with E-state index in [2.05, 4.69) is 27.3 Å². The van der Waals surface area contributed by atoms with E-state index >= 15 is 0 Å². The zero-order valence-corrected chi connectivity index (χ0v) is 20.3. The number of hydrogen-bond acceptors (Lipinski definition) is 7. The predicted molar refractivity (Wildman–Crippen MR) is 137 cm³/mol. The zero-order chi connectivity index (χ0) is 25.4. The molecule has 1 aliphatic heterocycles. The topological polar surface area (TPSA) is 125 Å². The largest absolute Gasteiger partial charge is 0.356 e. The number of anilines is 1. The summed E-state index contributed by atoms with van der Waals surface area (Å²) in [5.74, 6) is 0.671. The van der Waals surface area contributed by atoms with E-state index in [9.17, 15) is 20.1 Å². The third kappa shape index (κ3) is 3.55. The van der Waals surface area contributed by atoms with E-state index in [0.29, 0.717) is 46.8 Å². The molecule has 0 bridgehead atoms. The number of nitriles is 2. The van der Waals surface area contributed by atoms with Gasteiger partial charge in [0.05, 0.1) is 23.3 Å². The van der Waals surface area contributed by atoms with Gasteiger partial charge in [0, 0.05) is 50.2 Å². The lowest BCUT2D eigenvalue weighted by Crippen LogP contribution is -2.40. The van der Waals surface area contributed by atoms with E-state index in [4.69, 9.17) is 0 Å². The Morgan fingerprint density at radius 3 is 2.56 bits per heavy atom. The molecule has 0 amide bonds. The molecule has 5 rings (SSSR count). The van der Waals surface area contributed by atoms with E-state index in [-0.39, 0.29) is 6.54 Å². The molecule has 0 unspecified atom stereocenters. The number of fused-ring (bicyclic) bond motifs is 2. The maximum absolute atomic E-state index is 13.9. The van der Waals surface area contributed by atoms with Gasteiger partial charge in [-0.25, -0.2) is 4.79 Å². The van der Waals surface area contributed by atoms with Crippen LogP contribution < -0.4 is 21.5 Å². The maximum Gasteiger partial charge on any atom is 0.331 e. The van der Waals surface area contributed by atoms with E-state index in [1.807, 2.05) is 35.8 Å². The van der Waals surface area contributed by atoms with Gasteiger partial charge in [-0.05, 0) is 19.9 Å². The van der Waals surface area contributed by atoms with Crippen LogP contribution in [0, 0.1) is 22.7 Å².